The normalized spacial score (nSPS) is 16.1. The third-order valence-electron chi connectivity index (χ3n) is 6.48. The first-order valence-corrected chi connectivity index (χ1v) is 13.2. The minimum atomic E-state index is -0.203. The number of nitrogens with zero attached hydrogens (tertiary/aromatic N) is 4. The van der Waals surface area contributed by atoms with E-state index in [1.165, 1.54) is 11.3 Å². The second-order valence-corrected chi connectivity index (χ2v) is 10.2. The molecule has 6 rings (SSSR count). The van der Waals surface area contributed by atoms with Gasteiger partial charge in [0.15, 0.2) is 12.3 Å². The van der Waals surface area contributed by atoms with E-state index in [2.05, 4.69) is 5.32 Å². The Morgan fingerprint density at radius 3 is 2.63 bits per heavy atom. The molecule has 38 heavy (non-hydrogen) atoms. The number of rotatable bonds is 4. The van der Waals surface area contributed by atoms with E-state index in [-0.39, 0.29) is 24.5 Å². The van der Waals surface area contributed by atoms with Gasteiger partial charge in [0.1, 0.15) is 5.75 Å². The maximum atomic E-state index is 13.6. The van der Waals surface area contributed by atoms with Crippen LogP contribution in [0.1, 0.15) is 25.0 Å². The molecule has 0 saturated heterocycles. The van der Waals surface area contributed by atoms with E-state index in [0.717, 1.165) is 33.8 Å². The topological polar surface area (TPSA) is 88.3 Å². The third-order valence-corrected chi connectivity index (χ3v) is 7.30. The molecule has 0 saturated carbocycles. The van der Waals surface area contributed by atoms with Crippen LogP contribution >= 0.6 is 11.3 Å². The standard InChI is InChI=1S/C29H25N5O3S/c1-17(2)33-23-11-7-5-9-20(23)27(28(33)36)32-34-24(16-38-29(34)31-21-10-6-4-8-18(21)3)19-12-13-25-22(14-19)30-26(35)15-37-25/h4-14,16-17H,15H2,1-3H3,(H,30,35). The number of para-hydroxylation sites is 2. The first-order chi connectivity index (χ1) is 18.4. The van der Waals surface area contributed by atoms with Crippen molar-refractivity contribution in [1.29, 1.82) is 0 Å². The number of fused-ring (bicyclic) bond motifs is 2. The van der Waals surface area contributed by atoms with Gasteiger partial charge in [0.2, 0.25) is 4.80 Å². The minimum Gasteiger partial charge on any atom is -0.482 e. The van der Waals surface area contributed by atoms with E-state index in [1.807, 2.05) is 92.9 Å². The molecule has 1 aromatic heterocycles. The van der Waals surface area contributed by atoms with Crippen LogP contribution in [0.2, 0.25) is 0 Å². The fourth-order valence-electron chi connectivity index (χ4n) is 4.64. The summed E-state index contributed by atoms with van der Waals surface area (Å²) in [5.74, 6) is 0.253. The molecule has 0 aliphatic carbocycles. The molecule has 0 unspecified atom stereocenters. The molecular weight excluding hydrogens is 498 g/mol. The highest BCUT2D eigenvalue weighted by atomic mass is 32.1. The highest BCUT2D eigenvalue weighted by Crippen LogP contribution is 2.34. The van der Waals surface area contributed by atoms with Crippen LogP contribution < -0.4 is 19.8 Å². The lowest BCUT2D eigenvalue weighted by molar-refractivity contribution is -0.118. The summed E-state index contributed by atoms with van der Waals surface area (Å²) >= 11 is 1.43. The van der Waals surface area contributed by atoms with E-state index in [4.69, 9.17) is 14.8 Å². The first-order valence-electron chi connectivity index (χ1n) is 12.3. The summed E-state index contributed by atoms with van der Waals surface area (Å²) in [6.45, 7) is 5.98. The van der Waals surface area contributed by atoms with Crippen LogP contribution in [-0.4, -0.2) is 34.9 Å². The highest BCUT2D eigenvalue weighted by Gasteiger charge is 2.35. The maximum absolute atomic E-state index is 13.6. The van der Waals surface area contributed by atoms with E-state index in [1.54, 1.807) is 9.58 Å². The Hall–Kier alpha value is -4.50. The molecule has 190 valence electrons. The smallest absolute Gasteiger partial charge is 0.279 e. The first kappa shape index (κ1) is 23.9. The van der Waals surface area contributed by atoms with Gasteiger partial charge in [-0.05, 0) is 56.7 Å². The summed E-state index contributed by atoms with van der Waals surface area (Å²) < 4.78 is 7.26. The van der Waals surface area contributed by atoms with Crippen molar-refractivity contribution in [3.8, 4) is 17.0 Å². The summed E-state index contributed by atoms with van der Waals surface area (Å²) in [6, 6.07) is 21.2. The van der Waals surface area contributed by atoms with Crippen LogP contribution in [0.15, 0.2) is 82.2 Å². The van der Waals surface area contributed by atoms with Gasteiger partial charge in [-0.1, -0.05) is 36.4 Å². The number of thiazole rings is 1. The molecule has 9 heteroatoms. The monoisotopic (exact) mass is 523 g/mol. The Balaban J connectivity index is 1.57. The van der Waals surface area contributed by atoms with Crippen molar-refractivity contribution in [3.63, 3.8) is 0 Å². The molecule has 2 aliphatic rings. The number of aromatic nitrogens is 1. The Bertz CT molecular complexity index is 1700. The van der Waals surface area contributed by atoms with Crippen molar-refractivity contribution < 1.29 is 14.3 Å². The summed E-state index contributed by atoms with van der Waals surface area (Å²) in [4.78, 5) is 32.9. The number of ether oxygens (including phenoxy) is 1. The molecule has 1 N–H and O–H groups in total. The van der Waals surface area contributed by atoms with Crippen LogP contribution in [-0.2, 0) is 9.59 Å². The number of aryl methyl sites for hydroxylation is 1. The van der Waals surface area contributed by atoms with Crippen LogP contribution in [0.3, 0.4) is 0 Å². The van der Waals surface area contributed by atoms with Crippen LogP contribution in [0, 0.1) is 6.92 Å². The molecular formula is C29H25N5O3S. The van der Waals surface area contributed by atoms with E-state index in [9.17, 15) is 9.59 Å². The minimum absolute atomic E-state index is 0.00816. The molecule has 4 aromatic rings. The molecule has 8 nitrogen and oxygen atoms in total. The van der Waals surface area contributed by atoms with Gasteiger partial charge >= 0.3 is 0 Å². The Morgan fingerprint density at radius 2 is 1.82 bits per heavy atom. The predicted molar refractivity (Wildman–Crippen MR) is 149 cm³/mol. The predicted octanol–water partition coefficient (Wildman–Crippen LogP) is 5.10. The van der Waals surface area contributed by atoms with Crippen molar-refractivity contribution in [1.82, 2.24) is 4.68 Å². The van der Waals surface area contributed by atoms with Crippen molar-refractivity contribution >= 4 is 45.9 Å². The Morgan fingerprint density at radius 1 is 1.03 bits per heavy atom. The van der Waals surface area contributed by atoms with Gasteiger partial charge < -0.3 is 15.0 Å². The lowest BCUT2D eigenvalue weighted by atomic mass is 10.1. The molecule has 0 spiro atoms. The fourth-order valence-corrected chi connectivity index (χ4v) is 5.48. The molecule has 0 fully saturated rings. The lowest BCUT2D eigenvalue weighted by Gasteiger charge is -2.21. The fraction of sp³-hybridized carbons (Fsp3) is 0.172. The highest BCUT2D eigenvalue weighted by molar-refractivity contribution is 7.07. The average molecular weight is 524 g/mol. The summed E-state index contributed by atoms with van der Waals surface area (Å²) in [5.41, 5.74) is 5.97. The van der Waals surface area contributed by atoms with Crippen molar-refractivity contribution in [2.45, 2.75) is 26.8 Å². The van der Waals surface area contributed by atoms with Crippen LogP contribution in [0.5, 0.6) is 5.75 Å². The molecule has 0 bridgehead atoms. The molecule has 3 heterocycles. The largest absolute Gasteiger partial charge is 0.482 e. The van der Waals surface area contributed by atoms with Gasteiger partial charge in [-0.2, -0.15) is 5.10 Å². The van der Waals surface area contributed by atoms with Crippen LogP contribution in [0.25, 0.3) is 11.3 Å². The number of amides is 2. The zero-order valence-corrected chi connectivity index (χ0v) is 22.0. The van der Waals surface area contributed by atoms with Crippen LogP contribution in [0.4, 0.5) is 17.1 Å². The van der Waals surface area contributed by atoms with E-state index in [0.29, 0.717) is 21.9 Å². The number of carbonyl (C=O) groups excluding carboxylic acids is 2. The molecule has 0 radical (unpaired) electrons. The summed E-state index contributed by atoms with van der Waals surface area (Å²) in [7, 11) is 0. The molecule has 3 aromatic carbocycles. The number of carbonyl (C=O) groups is 2. The summed E-state index contributed by atoms with van der Waals surface area (Å²) in [5, 5.41) is 9.77. The zero-order valence-electron chi connectivity index (χ0n) is 21.1. The molecule has 2 aliphatic heterocycles. The zero-order chi connectivity index (χ0) is 26.4. The second-order valence-electron chi connectivity index (χ2n) is 9.40. The lowest BCUT2D eigenvalue weighted by Crippen LogP contribution is -2.36. The van der Waals surface area contributed by atoms with E-state index >= 15 is 0 Å². The number of nitrogens with one attached hydrogen (secondary N) is 1. The quantitative estimate of drug-likeness (QED) is 0.404. The Kier molecular flexibility index (Phi) is 5.92. The number of hydrogen-bond acceptors (Lipinski definition) is 6. The van der Waals surface area contributed by atoms with E-state index < -0.39 is 0 Å². The van der Waals surface area contributed by atoms with Gasteiger partial charge in [0, 0.05) is 22.5 Å². The average Bonchev–Trinajstić information content (AvgIpc) is 3.43. The van der Waals surface area contributed by atoms with Gasteiger partial charge in [-0.3, -0.25) is 9.59 Å². The van der Waals surface area contributed by atoms with Gasteiger partial charge in [-0.15, -0.1) is 11.3 Å². The second kappa shape index (κ2) is 9.42. The van der Waals surface area contributed by atoms with Crippen molar-refractivity contribution in [3.05, 3.63) is 88.0 Å². The van der Waals surface area contributed by atoms with Gasteiger partial charge in [-0.25, -0.2) is 9.67 Å². The SMILES string of the molecule is Cc1ccccc1N=c1scc(-c2ccc3c(c2)NC(=O)CO3)n1N=C1C(=O)N(C(C)C)c2ccccc21. The third kappa shape index (κ3) is 4.10. The summed E-state index contributed by atoms with van der Waals surface area (Å²) in [6.07, 6.45) is 0. The number of hydrogen-bond donors (Lipinski definition) is 1. The molecule has 0 atom stereocenters. The molecule has 2 amide bonds. The van der Waals surface area contributed by atoms with Crippen molar-refractivity contribution in [2.24, 2.45) is 10.1 Å². The van der Waals surface area contributed by atoms with Gasteiger partial charge in [0.05, 0.1) is 22.8 Å². The van der Waals surface area contributed by atoms with Gasteiger partial charge in [0.25, 0.3) is 11.8 Å². The number of anilines is 2. The Labute approximate surface area is 223 Å². The maximum Gasteiger partial charge on any atom is 0.279 e. The number of benzene rings is 3. The van der Waals surface area contributed by atoms with Crippen molar-refractivity contribution in [2.75, 3.05) is 16.8 Å².